The molecule has 1 aliphatic heterocycles. The highest BCUT2D eigenvalue weighted by molar-refractivity contribution is 7.92. The predicted molar refractivity (Wildman–Crippen MR) is 144 cm³/mol. The summed E-state index contributed by atoms with van der Waals surface area (Å²) in [6.07, 6.45) is 3.73. The van der Waals surface area contributed by atoms with Gasteiger partial charge in [-0.1, -0.05) is 36.4 Å². The lowest BCUT2D eigenvalue weighted by molar-refractivity contribution is 0.0832. The van der Waals surface area contributed by atoms with Gasteiger partial charge < -0.3 is 20.3 Å². The first-order valence-electron chi connectivity index (χ1n) is 12.2. The number of hydrogen-bond donors (Lipinski definition) is 3. The normalized spacial score (nSPS) is 16.4. The van der Waals surface area contributed by atoms with Gasteiger partial charge in [0.05, 0.1) is 29.1 Å². The summed E-state index contributed by atoms with van der Waals surface area (Å²) in [5.41, 5.74) is 3.64. The molecule has 9 heteroatoms. The molecule has 36 heavy (non-hydrogen) atoms. The number of anilines is 1. The fourth-order valence-electron chi connectivity index (χ4n) is 4.72. The van der Waals surface area contributed by atoms with E-state index in [1.54, 1.807) is 12.1 Å². The zero-order valence-electron chi connectivity index (χ0n) is 20.8. The molecule has 2 aromatic carbocycles. The number of rotatable bonds is 10. The van der Waals surface area contributed by atoms with Gasteiger partial charge in [0.2, 0.25) is 10.0 Å². The van der Waals surface area contributed by atoms with E-state index in [9.17, 15) is 18.3 Å². The monoisotopic (exact) mass is 510 g/mol. The molecule has 3 N–H and O–H groups in total. The Hall–Kier alpha value is -3.14. The molecule has 192 valence electrons. The first-order chi connectivity index (χ1) is 17.2. The summed E-state index contributed by atoms with van der Waals surface area (Å²) < 4.78 is 29.0. The number of amides is 1. The number of aryl methyl sites for hydroxylation is 2. The van der Waals surface area contributed by atoms with Crippen molar-refractivity contribution in [3.8, 4) is 0 Å². The van der Waals surface area contributed by atoms with Crippen molar-refractivity contribution in [2.75, 3.05) is 30.2 Å². The molecular weight excluding hydrogens is 476 g/mol. The number of aromatic nitrogens is 1. The largest absolute Gasteiger partial charge is 0.390 e. The van der Waals surface area contributed by atoms with Gasteiger partial charge in [0.15, 0.2) is 0 Å². The number of nitrogens with one attached hydrogen (secondary N) is 2. The maximum absolute atomic E-state index is 13.5. The van der Waals surface area contributed by atoms with E-state index in [1.807, 2.05) is 54.1 Å². The molecular formula is C27H34N4O4S. The van der Waals surface area contributed by atoms with E-state index in [2.05, 4.69) is 17.2 Å². The third kappa shape index (κ3) is 5.33. The Kier molecular flexibility index (Phi) is 7.82. The number of aliphatic hydroxyl groups is 1. The van der Waals surface area contributed by atoms with Gasteiger partial charge in [-0.25, -0.2) is 8.42 Å². The van der Waals surface area contributed by atoms with Gasteiger partial charge >= 0.3 is 0 Å². The van der Waals surface area contributed by atoms with Crippen LogP contribution in [0.3, 0.4) is 0 Å². The van der Waals surface area contributed by atoms with Crippen LogP contribution in [-0.4, -0.2) is 62.0 Å². The van der Waals surface area contributed by atoms with Gasteiger partial charge in [-0.2, -0.15) is 0 Å². The van der Waals surface area contributed by atoms with Crippen molar-refractivity contribution >= 4 is 32.5 Å². The van der Waals surface area contributed by atoms with Crippen molar-refractivity contribution in [2.24, 2.45) is 0 Å². The Bertz CT molecular complexity index is 1350. The van der Waals surface area contributed by atoms with E-state index in [0.29, 0.717) is 37.2 Å². The lowest BCUT2D eigenvalue weighted by atomic mass is 10.00. The van der Waals surface area contributed by atoms with Crippen LogP contribution in [0.2, 0.25) is 0 Å². The summed E-state index contributed by atoms with van der Waals surface area (Å²) >= 11 is 0. The summed E-state index contributed by atoms with van der Waals surface area (Å²) in [4.78, 5) is 13.5. The number of hydrogen-bond acceptors (Lipinski definition) is 5. The Balaban J connectivity index is 1.69. The van der Waals surface area contributed by atoms with Crippen LogP contribution in [0, 0.1) is 0 Å². The van der Waals surface area contributed by atoms with Gasteiger partial charge in [0.1, 0.15) is 0 Å². The van der Waals surface area contributed by atoms with Crippen molar-refractivity contribution in [2.45, 2.75) is 38.5 Å². The van der Waals surface area contributed by atoms with Crippen LogP contribution in [-0.2, 0) is 29.4 Å². The second-order valence-electron chi connectivity index (χ2n) is 9.15. The minimum Gasteiger partial charge on any atom is -0.390 e. The number of benzene rings is 2. The van der Waals surface area contributed by atoms with E-state index < -0.39 is 22.2 Å². The van der Waals surface area contributed by atoms with E-state index in [-0.39, 0.29) is 18.2 Å². The molecule has 2 atom stereocenters. The molecule has 0 fully saturated rings. The van der Waals surface area contributed by atoms with Crippen molar-refractivity contribution < 1.29 is 18.3 Å². The summed E-state index contributed by atoms with van der Waals surface area (Å²) in [6, 6.07) is 12.6. The standard InChI is InChI=1S/C27H34N4O4S/c1-4-12-28-17-25(32)22(14-19-9-7-6-8-10-19)29-27(33)21-15-23-26-20(11-13-36(34,35)30(23)3)18-31(5-2)24(26)16-21/h4,6-10,15-16,18,22,25,28,32H,1,5,11-14,17H2,2-3H3,(H,29,33)/t22-,25+/m0/s1. The summed E-state index contributed by atoms with van der Waals surface area (Å²) in [5, 5.41) is 17.9. The highest BCUT2D eigenvalue weighted by Gasteiger charge is 2.29. The van der Waals surface area contributed by atoms with E-state index in [4.69, 9.17) is 0 Å². The second kappa shape index (κ2) is 10.9. The predicted octanol–water partition coefficient (Wildman–Crippen LogP) is 2.46. The third-order valence-electron chi connectivity index (χ3n) is 6.75. The third-order valence-corrected chi connectivity index (χ3v) is 8.50. The van der Waals surface area contributed by atoms with Crippen molar-refractivity contribution in [3.63, 3.8) is 0 Å². The average Bonchev–Trinajstić information content (AvgIpc) is 3.20. The van der Waals surface area contributed by atoms with Crippen LogP contribution >= 0.6 is 0 Å². The fourth-order valence-corrected chi connectivity index (χ4v) is 5.92. The number of sulfonamides is 1. The zero-order chi connectivity index (χ0) is 25.9. The molecule has 1 aliphatic rings. The van der Waals surface area contributed by atoms with Gasteiger partial charge in [0, 0.05) is 43.8 Å². The molecule has 0 unspecified atom stereocenters. The number of carbonyl (C=O) groups excluding carboxylic acids is 1. The smallest absolute Gasteiger partial charge is 0.251 e. The minimum absolute atomic E-state index is 0.0194. The Morgan fingerprint density at radius 2 is 2.00 bits per heavy atom. The summed E-state index contributed by atoms with van der Waals surface area (Å²) in [6.45, 7) is 7.23. The molecule has 1 amide bonds. The van der Waals surface area contributed by atoms with Crippen LogP contribution in [0.25, 0.3) is 10.9 Å². The maximum Gasteiger partial charge on any atom is 0.251 e. The Labute approximate surface area is 212 Å². The quantitative estimate of drug-likeness (QED) is 0.287. The van der Waals surface area contributed by atoms with Crippen LogP contribution in [0.1, 0.15) is 28.4 Å². The van der Waals surface area contributed by atoms with Crippen molar-refractivity contribution in [1.82, 2.24) is 15.2 Å². The average molecular weight is 511 g/mol. The molecule has 0 radical (unpaired) electrons. The second-order valence-corrected chi connectivity index (χ2v) is 11.3. The zero-order valence-corrected chi connectivity index (χ0v) is 21.6. The molecule has 0 bridgehead atoms. The molecule has 0 spiro atoms. The van der Waals surface area contributed by atoms with Gasteiger partial charge in [-0.15, -0.1) is 6.58 Å². The molecule has 3 aromatic rings. The topological polar surface area (TPSA) is 104 Å². The van der Waals surface area contributed by atoms with Crippen LogP contribution in [0.15, 0.2) is 61.3 Å². The van der Waals surface area contributed by atoms with Crippen LogP contribution in [0.5, 0.6) is 0 Å². The highest BCUT2D eigenvalue weighted by atomic mass is 32.2. The first kappa shape index (κ1) is 25.9. The van der Waals surface area contributed by atoms with Gasteiger partial charge in [-0.05, 0) is 43.0 Å². The molecule has 0 saturated carbocycles. The fraction of sp³-hybridized carbons (Fsp3) is 0.370. The number of aliphatic hydroxyl groups excluding tert-OH is 1. The summed E-state index contributed by atoms with van der Waals surface area (Å²) in [7, 11) is -1.96. The van der Waals surface area contributed by atoms with Gasteiger partial charge in [0.25, 0.3) is 5.91 Å². The lowest BCUT2D eigenvalue weighted by Gasteiger charge is -2.25. The van der Waals surface area contributed by atoms with E-state index in [1.165, 1.54) is 11.4 Å². The molecule has 0 aliphatic carbocycles. The van der Waals surface area contributed by atoms with Crippen molar-refractivity contribution in [1.29, 1.82) is 0 Å². The Morgan fingerprint density at radius 3 is 2.69 bits per heavy atom. The van der Waals surface area contributed by atoms with Gasteiger partial charge in [-0.3, -0.25) is 9.10 Å². The molecule has 0 saturated heterocycles. The molecule has 2 heterocycles. The van der Waals surface area contributed by atoms with Crippen molar-refractivity contribution in [3.05, 3.63) is 78.0 Å². The molecule has 8 nitrogen and oxygen atoms in total. The number of nitrogens with zero attached hydrogens (tertiary/aromatic N) is 2. The SMILES string of the molecule is C=CCNC[C@@H](O)[C@H](Cc1ccccc1)NC(=O)c1cc2c3c(cn(CC)c3c1)CCS(=O)(=O)N2C. The maximum atomic E-state index is 13.5. The molecule has 1 aromatic heterocycles. The Morgan fingerprint density at radius 1 is 1.25 bits per heavy atom. The lowest BCUT2D eigenvalue weighted by Crippen LogP contribution is -2.48. The first-order valence-corrected chi connectivity index (χ1v) is 13.8. The van der Waals surface area contributed by atoms with E-state index in [0.717, 1.165) is 22.0 Å². The van der Waals surface area contributed by atoms with Crippen LogP contribution < -0.4 is 14.9 Å². The highest BCUT2D eigenvalue weighted by Crippen LogP contribution is 2.36. The van der Waals surface area contributed by atoms with Crippen LogP contribution in [0.4, 0.5) is 5.69 Å². The molecule has 4 rings (SSSR count). The number of carbonyl (C=O) groups is 1. The van der Waals surface area contributed by atoms with E-state index >= 15 is 0 Å². The minimum atomic E-state index is -3.50. The summed E-state index contributed by atoms with van der Waals surface area (Å²) in [5.74, 6) is -0.344.